The molecule has 2 rings (SSSR count). The van der Waals surface area contributed by atoms with Crippen molar-refractivity contribution in [1.29, 1.82) is 0 Å². The van der Waals surface area contributed by atoms with Crippen molar-refractivity contribution in [2.24, 2.45) is 5.73 Å². The molecule has 1 heterocycles. The van der Waals surface area contributed by atoms with Gasteiger partial charge in [-0.05, 0) is 39.2 Å². The fraction of sp³-hybridized carbons (Fsp3) is 0.643. The zero-order valence-corrected chi connectivity index (χ0v) is 10.9. The molecule has 0 fully saturated rings. The average molecular weight is 233 g/mol. The first kappa shape index (κ1) is 12.4. The molecule has 0 aliphatic heterocycles. The molecule has 17 heavy (non-hydrogen) atoms. The van der Waals surface area contributed by atoms with Crippen LogP contribution in [0.2, 0.25) is 0 Å². The van der Waals surface area contributed by atoms with Crippen LogP contribution in [0.25, 0.3) is 0 Å². The maximum Gasteiger partial charge on any atom is 0.0596 e. The molecule has 0 saturated heterocycles. The van der Waals surface area contributed by atoms with E-state index in [1.165, 1.54) is 30.5 Å². The van der Waals surface area contributed by atoms with Crippen LogP contribution < -0.4 is 5.73 Å². The van der Waals surface area contributed by atoms with Crippen LogP contribution in [-0.4, -0.2) is 15.8 Å². The van der Waals surface area contributed by atoms with E-state index in [1.807, 2.05) is 0 Å². The summed E-state index contributed by atoms with van der Waals surface area (Å²) < 4.78 is 2.10. The van der Waals surface area contributed by atoms with E-state index in [9.17, 15) is 0 Å². The molecule has 1 atom stereocenters. The Bertz CT molecular complexity index is 404. The molecule has 94 valence electrons. The Hall–Kier alpha value is -1.09. The molecule has 3 heteroatoms. The van der Waals surface area contributed by atoms with E-state index in [-0.39, 0.29) is 6.04 Å². The second-order valence-corrected chi connectivity index (χ2v) is 5.00. The number of rotatable bonds is 3. The number of nitrogens with two attached hydrogens (primary N) is 1. The van der Waals surface area contributed by atoms with E-state index in [1.54, 1.807) is 0 Å². The lowest BCUT2D eigenvalue weighted by molar-refractivity contribution is 0.619. The maximum atomic E-state index is 6.06. The van der Waals surface area contributed by atoms with Gasteiger partial charge >= 0.3 is 0 Å². The van der Waals surface area contributed by atoms with Crippen LogP contribution in [-0.2, 0) is 13.0 Å². The van der Waals surface area contributed by atoms with Crippen LogP contribution in [0.3, 0.4) is 0 Å². The van der Waals surface area contributed by atoms with Crippen molar-refractivity contribution in [1.82, 2.24) is 9.78 Å². The third-order valence-electron chi connectivity index (χ3n) is 3.43. The van der Waals surface area contributed by atoms with Crippen LogP contribution in [0.5, 0.6) is 0 Å². The van der Waals surface area contributed by atoms with Crippen molar-refractivity contribution < 1.29 is 0 Å². The smallest absolute Gasteiger partial charge is 0.0596 e. The predicted octanol–water partition coefficient (Wildman–Crippen LogP) is 2.58. The molecule has 1 aliphatic carbocycles. The van der Waals surface area contributed by atoms with Gasteiger partial charge in [-0.3, -0.25) is 4.68 Å². The van der Waals surface area contributed by atoms with Crippen molar-refractivity contribution in [2.45, 2.75) is 58.5 Å². The summed E-state index contributed by atoms with van der Waals surface area (Å²) in [4.78, 5) is 0. The monoisotopic (exact) mass is 233 g/mol. The summed E-state index contributed by atoms with van der Waals surface area (Å²) in [5.41, 5.74) is 9.98. The van der Waals surface area contributed by atoms with Crippen molar-refractivity contribution in [2.75, 3.05) is 0 Å². The van der Waals surface area contributed by atoms with Crippen LogP contribution in [0.1, 0.15) is 44.0 Å². The number of hydrogen-bond acceptors (Lipinski definition) is 2. The summed E-state index contributed by atoms with van der Waals surface area (Å²) >= 11 is 0. The van der Waals surface area contributed by atoms with Gasteiger partial charge in [0.25, 0.3) is 0 Å². The van der Waals surface area contributed by atoms with Crippen molar-refractivity contribution in [3.8, 4) is 0 Å². The summed E-state index contributed by atoms with van der Waals surface area (Å²) in [6.07, 6.45) is 8.15. The molecule has 0 spiro atoms. The lowest BCUT2D eigenvalue weighted by Gasteiger charge is -2.08. The van der Waals surface area contributed by atoms with Crippen molar-refractivity contribution in [3.05, 3.63) is 29.1 Å². The molecule has 1 aromatic heterocycles. The van der Waals surface area contributed by atoms with Gasteiger partial charge in [0.05, 0.1) is 5.69 Å². The van der Waals surface area contributed by atoms with E-state index in [2.05, 4.69) is 35.8 Å². The fourth-order valence-electron chi connectivity index (χ4n) is 2.60. The molecule has 0 aromatic carbocycles. The quantitative estimate of drug-likeness (QED) is 0.815. The highest BCUT2D eigenvalue weighted by molar-refractivity contribution is 5.19. The standard InChI is InChI=1S/C14H23N3/c1-3-17-14(8-11(2)16-17)10-12-6-4-5-7-13(15)9-12/h8-9,13H,3-7,10,15H2,1-2H3. The van der Waals surface area contributed by atoms with Gasteiger partial charge in [-0.15, -0.1) is 0 Å². The molecule has 1 unspecified atom stereocenters. The van der Waals surface area contributed by atoms with Gasteiger partial charge in [-0.25, -0.2) is 0 Å². The van der Waals surface area contributed by atoms with Crippen LogP contribution >= 0.6 is 0 Å². The average Bonchev–Trinajstić information content (AvgIpc) is 2.50. The third-order valence-corrected chi connectivity index (χ3v) is 3.43. The fourth-order valence-corrected chi connectivity index (χ4v) is 2.60. The molecular formula is C14H23N3. The predicted molar refractivity (Wildman–Crippen MR) is 70.9 cm³/mol. The Labute approximate surface area is 104 Å². The number of hydrogen-bond donors (Lipinski definition) is 1. The molecule has 0 radical (unpaired) electrons. The minimum absolute atomic E-state index is 0.256. The number of nitrogens with zero attached hydrogens (tertiary/aromatic N) is 2. The Morgan fingerprint density at radius 1 is 1.47 bits per heavy atom. The molecular weight excluding hydrogens is 210 g/mol. The summed E-state index contributed by atoms with van der Waals surface area (Å²) in [7, 11) is 0. The molecule has 1 aromatic rings. The summed E-state index contributed by atoms with van der Waals surface area (Å²) in [6.45, 7) is 5.15. The molecule has 0 amide bonds. The highest BCUT2D eigenvalue weighted by Crippen LogP contribution is 2.20. The molecule has 0 saturated carbocycles. The number of aryl methyl sites for hydroxylation is 2. The largest absolute Gasteiger partial charge is 0.324 e. The summed E-state index contributed by atoms with van der Waals surface area (Å²) in [5, 5.41) is 4.50. The molecule has 1 aliphatic rings. The van der Waals surface area contributed by atoms with Gasteiger partial charge in [0.2, 0.25) is 0 Å². The van der Waals surface area contributed by atoms with E-state index >= 15 is 0 Å². The normalized spacial score (nSPS) is 21.1. The van der Waals surface area contributed by atoms with Crippen LogP contribution in [0.4, 0.5) is 0 Å². The van der Waals surface area contributed by atoms with Crippen molar-refractivity contribution in [3.63, 3.8) is 0 Å². The van der Waals surface area contributed by atoms with Crippen LogP contribution in [0.15, 0.2) is 17.7 Å². The molecule has 0 bridgehead atoms. The van der Waals surface area contributed by atoms with Crippen molar-refractivity contribution >= 4 is 0 Å². The zero-order valence-electron chi connectivity index (χ0n) is 10.9. The first-order valence-corrected chi connectivity index (χ1v) is 6.67. The highest BCUT2D eigenvalue weighted by Gasteiger charge is 2.11. The van der Waals surface area contributed by atoms with Gasteiger partial charge in [0.1, 0.15) is 0 Å². The van der Waals surface area contributed by atoms with Gasteiger partial charge in [-0.1, -0.05) is 18.1 Å². The summed E-state index contributed by atoms with van der Waals surface area (Å²) in [5.74, 6) is 0. The lowest BCUT2D eigenvalue weighted by atomic mass is 10.0. The van der Waals surface area contributed by atoms with E-state index < -0.39 is 0 Å². The molecule has 3 nitrogen and oxygen atoms in total. The molecule has 2 N–H and O–H groups in total. The lowest BCUT2D eigenvalue weighted by Crippen LogP contribution is -2.16. The minimum atomic E-state index is 0.256. The Morgan fingerprint density at radius 2 is 2.29 bits per heavy atom. The van der Waals surface area contributed by atoms with Gasteiger partial charge < -0.3 is 5.73 Å². The highest BCUT2D eigenvalue weighted by atomic mass is 15.3. The Balaban J connectivity index is 2.13. The topological polar surface area (TPSA) is 43.8 Å². The van der Waals surface area contributed by atoms with E-state index in [4.69, 9.17) is 5.73 Å². The number of allylic oxidation sites excluding steroid dienone is 1. The SMILES string of the molecule is CCn1nc(C)cc1CC1=CC(N)CCCC1. The Kier molecular flexibility index (Phi) is 4.00. The van der Waals surface area contributed by atoms with E-state index in [0.717, 1.165) is 25.1 Å². The second kappa shape index (κ2) is 5.50. The minimum Gasteiger partial charge on any atom is -0.324 e. The first-order valence-electron chi connectivity index (χ1n) is 6.67. The van der Waals surface area contributed by atoms with Gasteiger partial charge in [-0.2, -0.15) is 5.10 Å². The van der Waals surface area contributed by atoms with Gasteiger partial charge in [0, 0.05) is 24.7 Å². The van der Waals surface area contributed by atoms with Crippen LogP contribution in [0, 0.1) is 6.92 Å². The zero-order chi connectivity index (χ0) is 12.3. The number of aromatic nitrogens is 2. The first-order chi connectivity index (χ1) is 8.19. The summed E-state index contributed by atoms with van der Waals surface area (Å²) in [6, 6.07) is 2.45. The maximum absolute atomic E-state index is 6.06. The van der Waals surface area contributed by atoms with Gasteiger partial charge in [0.15, 0.2) is 0 Å². The van der Waals surface area contributed by atoms with E-state index in [0.29, 0.717) is 0 Å². The second-order valence-electron chi connectivity index (χ2n) is 5.00. The third kappa shape index (κ3) is 3.19. The Morgan fingerprint density at radius 3 is 3.06 bits per heavy atom.